The molecule has 10 heavy (non-hydrogen) atoms. The van der Waals surface area contributed by atoms with E-state index in [1.54, 1.807) is 0 Å². The Labute approximate surface area is 88.8 Å². The van der Waals surface area contributed by atoms with Gasteiger partial charge < -0.3 is 11.7 Å². The summed E-state index contributed by atoms with van der Waals surface area (Å²) in [5.74, 6) is -0.0162. The van der Waals surface area contributed by atoms with Crippen molar-refractivity contribution in [1.29, 1.82) is 0 Å². The average Bonchev–Trinajstić information content (AvgIpc) is 1.65. The van der Waals surface area contributed by atoms with Gasteiger partial charge in [0, 0.05) is 32.7 Å². The van der Waals surface area contributed by atoms with Crippen molar-refractivity contribution in [1.82, 2.24) is 0 Å². The molecule has 1 radical (unpaired) electrons. The summed E-state index contributed by atoms with van der Waals surface area (Å²) < 4.78 is 0. The molecule has 0 fully saturated rings. The molecule has 1 atom stereocenters. The summed E-state index contributed by atoms with van der Waals surface area (Å²) in [5.41, 5.74) is 0.0312. The molecule has 0 amide bonds. The molecule has 57 valence electrons. The van der Waals surface area contributed by atoms with Crippen LogP contribution in [0.5, 0.6) is 0 Å². The van der Waals surface area contributed by atoms with E-state index in [4.69, 9.17) is 0 Å². The van der Waals surface area contributed by atoms with Crippen LogP contribution in [-0.2, 0) is 37.5 Å². The first-order valence-electron chi connectivity index (χ1n) is 3.19. The Bertz CT molecular complexity index is 93.9. The summed E-state index contributed by atoms with van der Waals surface area (Å²) in [7, 11) is 0. The van der Waals surface area contributed by atoms with E-state index in [2.05, 4.69) is 6.92 Å². The topological polar surface area (TPSA) is 17.1 Å². The zero-order valence-corrected chi connectivity index (χ0v) is 9.82. The molecule has 0 N–H and O–H groups in total. The van der Waals surface area contributed by atoms with Gasteiger partial charge in [-0.2, -0.15) is 5.92 Å². The summed E-state index contributed by atoms with van der Waals surface area (Å²) in [6, 6.07) is 0. The molecule has 0 aromatic rings. The first-order valence-corrected chi connectivity index (χ1v) is 3.19. The summed E-state index contributed by atoms with van der Waals surface area (Å²) in [4.78, 5) is 10.2. The van der Waals surface area contributed by atoms with Gasteiger partial charge in [0.25, 0.3) is 0 Å². The minimum absolute atomic E-state index is 0. The van der Waals surface area contributed by atoms with Crippen molar-refractivity contribution in [3.05, 3.63) is 6.92 Å². The van der Waals surface area contributed by atoms with Crippen LogP contribution in [0.2, 0.25) is 0 Å². The molecular formula is C8H14OY-2. The van der Waals surface area contributed by atoms with Crippen molar-refractivity contribution in [2.75, 3.05) is 0 Å². The predicted octanol–water partition coefficient (Wildman–Crippen LogP) is 1.98. The van der Waals surface area contributed by atoms with Gasteiger partial charge in [0.15, 0.2) is 0 Å². The third-order valence-electron chi connectivity index (χ3n) is 1.48. The predicted molar refractivity (Wildman–Crippen MR) is 38.6 cm³/mol. The molecule has 2 heteroatoms. The van der Waals surface area contributed by atoms with Gasteiger partial charge >= 0.3 is 0 Å². The van der Waals surface area contributed by atoms with E-state index in [1.807, 2.05) is 27.1 Å². The van der Waals surface area contributed by atoms with Gasteiger partial charge in [-0.3, -0.25) is 6.29 Å². The third kappa shape index (κ3) is 4.57. The van der Waals surface area contributed by atoms with Crippen LogP contribution in [0, 0.1) is 18.3 Å². The second-order valence-corrected chi connectivity index (χ2v) is 3.33. The third-order valence-corrected chi connectivity index (χ3v) is 1.48. The Morgan fingerprint density at radius 1 is 1.50 bits per heavy atom. The molecule has 0 aliphatic heterocycles. The molecule has 1 unspecified atom stereocenters. The van der Waals surface area contributed by atoms with Crippen LogP contribution in [0.1, 0.15) is 27.2 Å². The van der Waals surface area contributed by atoms with E-state index in [0.29, 0.717) is 6.42 Å². The van der Waals surface area contributed by atoms with Crippen molar-refractivity contribution < 1.29 is 37.5 Å². The van der Waals surface area contributed by atoms with Gasteiger partial charge in [-0.05, 0) is 0 Å². The average molecular weight is 215 g/mol. The minimum Gasteiger partial charge on any atom is -0.542 e. The molecular weight excluding hydrogens is 201 g/mol. The monoisotopic (exact) mass is 215 g/mol. The van der Waals surface area contributed by atoms with Crippen molar-refractivity contribution in [3.8, 4) is 0 Å². The molecule has 0 saturated heterocycles. The van der Waals surface area contributed by atoms with Crippen molar-refractivity contribution in [3.63, 3.8) is 0 Å². The normalized spacial score (nSPS) is 13.6. The van der Waals surface area contributed by atoms with Crippen LogP contribution in [0.15, 0.2) is 0 Å². The van der Waals surface area contributed by atoms with Crippen LogP contribution >= 0.6 is 0 Å². The maximum absolute atomic E-state index is 10.2. The van der Waals surface area contributed by atoms with Gasteiger partial charge in [-0.1, -0.05) is 26.2 Å². The number of hydrogen-bond acceptors (Lipinski definition) is 1. The maximum Gasteiger partial charge on any atom is 0 e. The summed E-state index contributed by atoms with van der Waals surface area (Å²) in [5, 5.41) is 0. The quantitative estimate of drug-likeness (QED) is 0.643. The zero-order valence-electron chi connectivity index (χ0n) is 6.98. The molecule has 0 aromatic carbocycles. The van der Waals surface area contributed by atoms with Gasteiger partial charge in [-0.25, -0.2) is 6.42 Å². The Balaban J connectivity index is 0. The smallest absolute Gasteiger partial charge is 0 e. The van der Waals surface area contributed by atoms with E-state index in [0.717, 1.165) is 0 Å². The number of carbonyl (C=O) groups excluding carboxylic acids is 1. The van der Waals surface area contributed by atoms with E-state index >= 15 is 0 Å². The van der Waals surface area contributed by atoms with Gasteiger partial charge in [0.05, 0.1) is 0 Å². The standard InChI is InChI=1S/C8H14O.Y/c1-5-7(6-9)8(2,3)4;/h7H,1,5H2,2-4H3;/q-2;. The Morgan fingerprint density at radius 3 is 1.90 bits per heavy atom. The number of rotatable bonds is 2. The van der Waals surface area contributed by atoms with Crippen LogP contribution in [-0.4, -0.2) is 6.29 Å². The van der Waals surface area contributed by atoms with E-state index < -0.39 is 0 Å². The van der Waals surface area contributed by atoms with Crippen LogP contribution in [0.25, 0.3) is 0 Å². The van der Waals surface area contributed by atoms with E-state index in [-0.39, 0.29) is 44.0 Å². The number of hydrogen-bond donors (Lipinski definition) is 0. The Morgan fingerprint density at radius 2 is 1.90 bits per heavy atom. The van der Waals surface area contributed by atoms with Gasteiger partial charge in [0.1, 0.15) is 0 Å². The molecule has 0 rings (SSSR count). The summed E-state index contributed by atoms with van der Waals surface area (Å²) in [6.45, 7) is 9.73. The first kappa shape index (κ1) is 13.4. The first-order chi connectivity index (χ1) is 4.02. The molecule has 0 heterocycles. The van der Waals surface area contributed by atoms with Gasteiger partial charge in [-0.15, -0.1) is 0 Å². The van der Waals surface area contributed by atoms with E-state index in [9.17, 15) is 4.79 Å². The fraction of sp³-hybridized carbons (Fsp3) is 0.750. The molecule has 0 spiro atoms. The molecule has 0 aromatic heterocycles. The second kappa shape index (κ2) is 5.43. The maximum atomic E-state index is 10.2. The molecule has 0 saturated carbocycles. The summed E-state index contributed by atoms with van der Waals surface area (Å²) >= 11 is 0. The summed E-state index contributed by atoms with van der Waals surface area (Å²) in [6.07, 6.45) is 2.62. The van der Waals surface area contributed by atoms with Crippen molar-refractivity contribution in [2.24, 2.45) is 11.3 Å². The minimum atomic E-state index is -0.0162. The molecule has 1 nitrogen and oxygen atoms in total. The second-order valence-electron chi connectivity index (χ2n) is 3.33. The van der Waals surface area contributed by atoms with Gasteiger partial charge in [0.2, 0.25) is 0 Å². The Hall–Kier alpha value is 0.774. The van der Waals surface area contributed by atoms with Crippen molar-refractivity contribution in [2.45, 2.75) is 27.2 Å². The van der Waals surface area contributed by atoms with E-state index in [1.165, 1.54) is 0 Å². The van der Waals surface area contributed by atoms with Crippen molar-refractivity contribution >= 4 is 6.29 Å². The van der Waals surface area contributed by atoms with Crippen LogP contribution in [0.3, 0.4) is 0 Å². The zero-order chi connectivity index (χ0) is 7.49. The fourth-order valence-electron chi connectivity index (χ4n) is 0.669. The fourth-order valence-corrected chi connectivity index (χ4v) is 0.669. The Kier molecular flexibility index (Phi) is 7.26. The molecule has 0 bridgehead atoms. The SMILES string of the molecule is [CH2-]CC([C-]=O)C(C)(C)C.[Y]. The van der Waals surface area contributed by atoms with Crippen LogP contribution < -0.4 is 0 Å². The molecule has 0 aliphatic rings. The largest absolute Gasteiger partial charge is 0.542 e. The molecule has 0 aliphatic carbocycles. The van der Waals surface area contributed by atoms with Crippen LogP contribution in [0.4, 0.5) is 0 Å².